The van der Waals surface area contributed by atoms with Gasteiger partial charge in [-0.3, -0.25) is 8.37 Å². The molecule has 0 aliphatic heterocycles. The number of hydrogen-bond acceptors (Lipinski definition) is 12. The van der Waals surface area contributed by atoms with Gasteiger partial charge < -0.3 is 27.2 Å². The zero-order valence-corrected chi connectivity index (χ0v) is 57.9. The van der Waals surface area contributed by atoms with Crippen LogP contribution in [0, 0.1) is 23.7 Å². The molecule has 0 fully saturated rings. The second-order valence-electron chi connectivity index (χ2n) is 22.1. The van der Waals surface area contributed by atoms with Gasteiger partial charge in [0.15, 0.2) is 22.2 Å². The Hall–Kier alpha value is -6.23. The molecule has 6 aromatic rings. The number of rotatable bonds is 46. The molecule has 6 aromatic carbocycles. The van der Waals surface area contributed by atoms with Gasteiger partial charge in [-0.05, 0) is 183 Å². The summed E-state index contributed by atoms with van der Waals surface area (Å²) in [5, 5.41) is 0. The predicted molar refractivity (Wildman–Crippen MR) is 367 cm³/mol. The second-order valence-corrected chi connectivity index (χ2v) is 27.8. The molecule has 0 saturated heterocycles. The number of esters is 2. The highest BCUT2D eigenvalue weighted by atomic mass is 32.2. The lowest BCUT2D eigenvalue weighted by Crippen LogP contribution is -2.11. The first kappa shape index (κ1) is 73.8. The fraction of sp³-hybridized carbons (Fsp3) is 0.432. The second kappa shape index (κ2) is 46.8. The standard InChI is InChI=1S/C74H90O12S2Si3/c1-3-5-7-9-11-13-15-23-57-81-87(77)71-51-35-63(36-52-71)29-27-61-31-43-69(44-32-61)83-73(75)65-39-47-67(48-40-65)79-55-21-17-19-25-59-89-85-91-86-90-60-26-20-18-22-56-80-68-49-41-66(42-50-68)74(76)84-70-45-33-62(34-46-70)28-30-64-37-53-72(54-38-64)88(78)82-58-24-16-14-12-10-8-6-4-2/h31-54H,3-26,55-60H2,1-2H3. The molecule has 17 heteroatoms. The molecular formula is C74H90O12S2Si3. The van der Waals surface area contributed by atoms with E-state index in [9.17, 15) is 18.0 Å². The fourth-order valence-corrected chi connectivity index (χ4v) is 13.4. The molecule has 0 bridgehead atoms. The number of hydrogen-bond donors (Lipinski definition) is 0. The van der Waals surface area contributed by atoms with E-state index in [2.05, 4.69) is 37.5 Å². The van der Waals surface area contributed by atoms with Crippen LogP contribution in [0.1, 0.15) is 211 Å². The molecule has 0 N–H and O–H groups in total. The van der Waals surface area contributed by atoms with E-state index in [0.717, 1.165) is 111 Å². The summed E-state index contributed by atoms with van der Waals surface area (Å²) >= 11 is -2.98. The lowest BCUT2D eigenvalue weighted by Gasteiger charge is -2.08. The molecular weight excluding hydrogens is 1230 g/mol. The average molecular weight is 1320 g/mol. The van der Waals surface area contributed by atoms with Crippen LogP contribution in [0.15, 0.2) is 155 Å². The summed E-state index contributed by atoms with van der Waals surface area (Å²) in [6.45, 7) is 6.66. The predicted octanol–water partition coefficient (Wildman–Crippen LogP) is 17.5. The lowest BCUT2D eigenvalue weighted by molar-refractivity contribution is 0.0725. The van der Waals surface area contributed by atoms with Crippen LogP contribution < -0.4 is 18.9 Å². The monoisotopic (exact) mass is 1320 g/mol. The molecule has 12 nitrogen and oxygen atoms in total. The normalized spacial score (nSPS) is 11.6. The number of benzene rings is 6. The van der Waals surface area contributed by atoms with Crippen LogP contribution in [0.2, 0.25) is 12.1 Å². The van der Waals surface area contributed by atoms with Crippen molar-refractivity contribution in [3.63, 3.8) is 0 Å². The summed E-state index contributed by atoms with van der Waals surface area (Å²) in [4.78, 5) is 27.0. The number of carbonyl (C=O) groups is 2. The summed E-state index contributed by atoms with van der Waals surface area (Å²) in [5.74, 6) is 13.9. The van der Waals surface area contributed by atoms with Gasteiger partial charge in [0.25, 0.3) is 0 Å². The van der Waals surface area contributed by atoms with E-state index in [1.807, 2.05) is 48.5 Å². The van der Waals surface area contributed by atoms with Crippen molar-refractivity contribution in [2.24, 2.45) is 0 Å². The first-order chi connectivity index (χ1) is 44.8. The fourth-order valence-electron chi connectivity index (χ4n) is 9.25. The zero-order chi connectivity index (χ0) is 64.0. The summed E-state index contributed by atoms with van der Waals surface area (Å²) in [6, 6.07) is 44.8. The van der Waals surface area contributed by atoms with E-state index in [-0.39, 0.29) is 10.0 Å². The van der Waals surface area contributed by atoms with Crippen molar-refractivity contribution in [3.8, 4) is 46.7 Å². The third-order valence-corrected chi connectivity index (χ3v) is 19.6. The summed E-state index contributed by atoms with van der Waals surface area (Å²) in [5.41, 5.74) is 4.01. The van der Waals surface area contributed by atoms with Gasteiger partial charge in [-0.15, -0.1) is 0 Å². The van der Waals surface area contributed by atoms with Gasteiger partial charge in [-0.1, -0.05) is 166 Å². The minimum Gasteiger partial charge on any atom is -0.494 e. The first-order valence-electron chi connectivity index (χ1n) is 32.7. The maximum atomic E-state index is 12.9. The molecule has 6 rings (SSSR count). The van der Waals surface area contributed by atoms with Crippen molar-refractivity contribution in [1.82, 2.24) is 0 Å². The van der Waals surface area contributed by atoms with Crippen molar-refractivity contribution in [1.29, 1.82) is 0 Å². The molecule has 0 aliphatic rings. The van der Waals surface area contributed by atoms with Crippen LogP contribution >= 0.6 is 0 Å². The Morgan fingerprint density at radius 2 is 0.626 bits per heavy atom. The van der Waals surface area contributed by atoms with Crippen LogP contribution in [0.3, 0.4) is 0 Å². The first-order valence-corrected chi connectivity index (χ1v) is 37.9. The van der Waals surface area contributed by atoms with Gasteiger partial charge in [0, 0.05) is 22.3 Å². The van der Waals surface area contributed by atoms with Crippen molar-refractivity contribution < 1.29 is 53.6 Å². The van der Waals surface area contributed by atoms with Crippen LogP contribution in [-0.2, 0) is 38.8 Å². The lowest BCUT2D eigenvalue weighted by atomic mass is 10.1. The minimum atomic E-state index is -1.49. The van der Waals surface area contributed by atoms with Gasteiger partial charge in [0.2, 0.25) is 19.5 Å². The maximum absolute atomic E-state index is 12.9. The molecule has 2 atom stereocenters. The van der Waals surface area contributed by atoms with E-state index in [1.54, 1.807) is 97.1 Å². The van der Waals surface area contributed by atoms with Crippen molar-refractivity contribution in [2.45, 2.75) is 190 Å². The van der Waals surface area contributed by atoms with Crippen LogP contribution in [0.25, 0.3) is 0 Å². The van der Waals surface area contributed by atoms with Gasteiger partial charge >= 0.3 is 21.9 Å². The number of ether oxygens (including phenoxy) is 4. The van der Waals surface area contributed by atoms with Crippen molar-refractivity contribution >= 4 is 63.6 Å². The minimum absolute atomic E-state index is 0.0905. The Kier molecular flexibility index (Phi) is 37.9. The highest BCUT2D eigenvalue weighted by molar-refractivity contribution is 7.80. The molecule has 0 aliphatic carbocycles. The summed E-state index contributed by atoms with van der Waals surface area (Å²) < 4.78 is 70.8. The molecule has 0 amide bonds. The molecule has 0 aromatic heterocycles. The molecule has 0 spiro atoms. The average Bonchev–Trinajstić information content (AvgIpc) is 3.22. The van der Waals surface area contributed by atoms with E-state index < -0.39 is 34.1 Å². The van der Waals surface area contributed by atoms with E-state index in [4.69, 9.17) is 35.5 Å². The maximum Gasteiger partial charge on any atom is 0.409 e. The van der Waals surface area contributed by atoms with Crippen LogP contribution in [0.5, 0.6) is 23.0 Å². The van der Waals surface area contributed by atoms with Gasteiger partial charge in [0.1, 0.15) is 23.0 Å². The molecule has 482 valence electrons. The Bertz CT molecular complexity index is 2930. The third kappa shape index (κ3) is 32.3. The Labute approximate surface area is 555 Å². The SMILES string of the molecule is CCCCCCCCCCOS(=O)c1ccc(C#Cc2ccc(OC(=O)c3ccc(OCCCCCC[Si]O[Si]O[Si]CCCCCCOc4ccc(C(=O)Oc5ccc(C#Cc6ccc(S(=O)OCCCCCCCCCC)cc6)cc5)cc4)cc3)cc2)cc1. The molecule has 91 heavy (non-hydrogen) atoms. The number of unbranched alkanes of at least 4 members (excludes halogenated alkanes) is 20. The Balaban J connectivity index is 0.697. The highest BCUT2D eigenvalue weighted by Gasteiger charge is 2.12. The Morgan fingerprint density at radius 1 is 0.341 bits per heavy atom. The molecule has 0 heterocycles. The zero-order valence-electron chi connectivity index (χ0n) is 53.3. The summed E-state index contributed by atoms with van der Waals surface area (Å²) in [6.07, 6.45) is 27.8. The molecule has 2 unspecified atom stereocenters. The van der Waals surface area contributed by atoms with Crippen LogP contribution in [-0.4, -0.2) is 76.3 Å². The topological polar surface area (TPSA) is 142 Å². The van der Waals surface area contributed by atoms with Crippen molar-refractivity contribution in [3.05, 3.63) is 179 Å². The van der Waals surface area contributed by atoms with Crippen LogP contribution in [0.4, 0.5) is 0 Å². The van der Waals surface area contributed by atoms with Gasteiger partial charge in [-0.25, -0.2) is 18.0 Å². The smallest absolute Gasteiger partial charge is 0.409 e. The Morgan fingerprint density at radius 3 is 0.967 bits per heavy atom. The van der Waals surface area contributed by atoms with Gasteiger partial charge in [-0.2, -0.15) is 0 Å². The highest BCUT2D eigenvalue weighted by Crippen LogP contribution is 2.21. The van der Waals surface area contributed by atoms with E-state index in [1.165, 1.54) is 77.0 Å². The third-order valence-electron chi connectivity index (χ3n) is 14.6. The van der Waals surface area contributed by atoms with Crippen molar-refractivity contribution in [2.75, 3.05) is 26.4 Å². The quantitative estimate of drug-likeness (QED) is 0.0118. The van der Waals surface area contributed by atoms with Gasteiger partial charge in [0.05, 0.1) is 47.3 Å². The molecule has 0 saturated carbocycles. The molecule has 6 radical (unpaired) electrons. The van der Waals surface area contributed by atoms with E-state index >= 15 is 0 Å². The number of carbonyl (C=O) groups excluding carboxylic acids is 2. The van der Waals surface area contributed by atoms with E-state index in [0.29, 0.717) is 89.9 Å². The summed E-state index contributed by atoms with van der Waals surface area (Å²) in [7, 11) is 0.982. The largest absolute Gasteiger partial charge is 0.494 e.